The highest BCUT2D eigenvalue weighted by Crippen LogP contribution is 2.16. The van der Waals surface area contributed by atoms with Crippen LogP contribution in [0.3, 0.4) is 0 Å². The minimum atomic E-state index is 0.463. The third kappa shape index (κ3) is 4.57. The molecule has 1 unspecified atom stereocenters. The summed E-state index contributed by atoms with van der Waals surface area (Å²) in [5.74, 6) is 0.938. The van der Waals surface area contributed by atoms with Crippen LogP contribution in [0, 0.1) is 5.92 Å². The standard InChI is InChI=1S/C14H29N3/c1-13-3-2-7-16(8-4-13)11-12-17-9-5-14(15)6-10-17/h13-14H,2-12,15H2,1H3. The predicted octanol–water partition coefficient (Wildman–Crippen LogP) is 1.53. The van der Waals surface area contributed by atoms with E-state index in [2.05, 4.69) is 16.7 Å². The fourth-order valence-electron chi connectivity index (χ4n) is 3.01. The number of hydrogen-bond acceptors (Lipinski definition) is 3. The topological polar surface area (TPSA) is 32.5 Å². The van der Waals surface area contributed by atoms with Gasteiger partial charge in [-0.1, -0.05) is 6.92 Å². The molecule has 100 valence electrons. The SMILES string of the molecule is CC1CCCN(CCN2CCC(N)CC2)CC1. The minimum absolute atomic E-state index is 0.463. The summed E-state index contributed by atoms with van der Waals surface area (Å²) in [6, 6.07) is 0.463. The lowest BCUT2D eigenvalue weighted by Gasteiger charge is -2.32. The van der Waals surface area contributed by atoms with Gasteiger partial charge in [0.2, 0.25) is 0 Å². The van der Waals surface area contributed by atoms with Crippen LogP contribution in [0.5, 0.6) is 0 Å². The normalized spacial score (nSPS) is 30.4. The fourth-order valence-corrected chi connectivity index (χ4v) is 3.01. The van der Waals surface area contributed by atoms with Crippen LogP contribution in [0.25, 0.3) is 0 Å². The van der Waals surface area contributed by atoms with Gasteiger partial charge in [-0.2, -0.15) is 0 Å². The van der Waals surface area contributed by atoms with Crippen molar-refractivity contribution in [2.75, 3.05) is 39.3 Å². The Bertz CT molecular complexity index is 212. The number of nitrogens with zero attached hydrogens (tertiary/aromatic N) is 2. The van der Waals surface area contributed by atoms with E-state index >= 15 is 0 Å². The van der Waals surface area contributed by atoms with Crippen LogP contribution in [-0.4, -0.2) is 55.1 Å². The first-order valence-electron chi connectivity index (χ1n) is 7.44. The summed E-state index contributed by atoms with van der Waals surface area (Å²) in [6.45, 7) is 9.97. The maximum atomic E-state index is 5.93. The first kappa shape index (κ1) is 13.3. The van der Waals surface area contributed by atoms with E-state index in [4.69, 9.17) is 5.73 Å². The molecule has 3 heteroatoms. The monoisotopic (exact) mass is 239 g/mol. The van der Waals surface area contributed by atoms with Crippen LogP contribution in [0.1, 0.15) is 39.0 Å². The van der Waals surface area contributed by atoms with Gasteiger partial charge in [-0.05, 0) is 64.2 Å². The molecule has 2 fully saturated rings. The lowest BCUT2D eigenvalue weighted by Crippen LogP contribution is -2.43. The van der Waals surface area contributed by atoms with Crippen molar-refractivity contribution in [3.8, 4) is 0 Å². The Balaban J connectivity index is 1.64. The zero-order valence-electron chi connectivity index (χ0n) is 11.4. The maximum Gasteiger partial charge on any atom is 0.0109 e. The van der Waals surface area contributed by atoms with E-state index in [1.54, 1.807) is 0 Å². The summed E-state index contributed by atoms with van der Waals surface area (Å²) in [5, 5.41) is 0. The molecule has 0 aromatic rings. The van der Waals surface area contributed by atoms with E-state index in [-0.39, 0.29) is 0 Å². The highest BCUT2D eigenvalue weighted by molar-refractivity contribution is 4.75. The molecule has 3 nitrogen and oxygen atoms in total. The third-order valence-electron chi connectivity index (χ3n) is 4.47. The van der Waals surface area contributed by atoms with Gasteiger partial charge >= 0.3 is 0 Å². The molecule has 2 saturated heterocycles. The predicted molar refractivity (Wildman–Crippen MR) is 73.1 cm³/mol. The highest BCUT2D eigenvalue weighted by atomic mass is 15.2. The van der Waals surface area contributed by atoms with E-state index in [9.17, 15) is 0 Å². The molecule has 0 radical (unpaired) electrons. The molecular formula is C14H29N3. The fraction of sp³-hybridized carbons (Fsp3) is 1.00. The summed E-state index contributed by atoms with van der Waals surface area (Å²) in [6.07, 6.45) is 6.60. The Hall–Kier alpha value is -0.120. The molecule has 2 aliphatic rings. The molecule has 2 heterocycles. The molecular weight excluding hydrogens is 210 g/mol. The summed E-state index contributed by atoms with van der Waals surface area (Å²) in [4.78, 5) is 5.26. The van der Waals surface area contributed by atoms with Crippen LogP contribution in [0.2, 0.25) is 0 Å². The van der Waals surface area contributed by atoms with Crippen molar-refractivity contribution in [2.45, 2.75) is 45.1 Å². The van der Waals surface area contributed by atoms with Crippen molar-refractivity contribution >= 4 is 0 Å². The summed E-state index contributed by atoms with van der Waals surface area (Å²) in [7, 11) is 0. The molecule has 0 amide bonds. The number of piperidine rings is 1. The van der Waals surface area contributed by atoms with Gasteiger partial charge in [0.05, 0.1) is 0 Å². The van der Waals surface area contributed by atoms with E-state index in [1.165, 1.54) is 71.4 Å². The Kier molecular flexibility index (Phi) is 5.26. The zero-order valence-corrected chi connectivity index (χ0v) is 11.4. The number of hydrogen-bond donors (Lipinski definition) is 1. The van der Waals surface area contributed by atoms with Gasteiger partial charge in [-0.25, -0.2) is 0 Å². The molecule has 0 saturated carbocycles. The number of nitrogens with two attached hydrogens (primary N) is 1. The Morgan fingerprint density at radius 1 is 0.882 bits per heavy atom. The first-order valence-corrected chi connectivity index (χ1v) is 7.44. The molecule has 0 bridgehead atoms. The van der Waals surface area contributed by atoms with Gasteiger partial charge < -0.3 is 15.5 Å². The van der Waals surface area contributed by atoms with Crippen LogP contribution in [0.15, 0.2) is 0 Å². The van der Waals surface area contributed by atoms with E-state index < -0.39 is 0 Å². The van der Waals surface area contributed by atoms with Crippen LogP contribution >= 0.6 is 0 Å². The Morgan fingerprint density at radius 2 is 1.47 bits per heavy atom. The van der Waals surface area contributed by atoms with Crippen LogP contribution in [-0.2, 0) is 0 Å². The second kappa shape index (κ2) is 6.72. The van der Waals surface area contributed by atoms with E-state index in [1.807, 2.05) is 0 Å². The van der Waals surface area contributed by atoms with Gasteiger partial charge in [-0.3, -0.25) is 0 Å². The van der Waals surface area contributed by atoms with Crippen molar-refractivity contribution in [3.05, 3.63) is 0 Å². The highest BCUT2D eigenvalue weighted by Gasteiger charge is 2.18. The molecule has 0 aromatic heterocycles. The minimum Gasteiger partial charge on any atom is -0.328 e. The average Bonchev–Trinajstić information content (AvgIpc) is 2.54. The summed E-state index contributed by atoms with van der Waals surface area (Å²) < 4.78 is 0. The largest absolute Gasteiger partial charge is 0.328 e. The second-order valence-corrected chi connectivity index (χ2v) is 6.06. The quantitative estimate of drug-likeness (QED) is 0.811. The molecule has 1 atom stereocenters. The van der Waals surface area contributed by atoms with Gasteiger partial charge in [0.1, 0.15) is 0 Å². The molecule has 17 heavy (non-hydrogen) atoms. The molecule has 0 spiro atoms. The van der Waals surface area contributed by atoms with E-state index in [0.717, 1.165) is 5.92 Å². The van der Waals surface area contributed by atoms with Crippen molar-refractivity contribution in [1.82, 2.24) is 9.80 Å². The lowest BCUT2D eigenvalue weighted by atomic mass is 10.0. The van der Waals surface area contributed by atoms with Crippen LogP contribution in [0.4, 0.5) is 0 Å². The smallest absolute Gasteiger partial charge is 0.0109 e. The lowest BCUT2D eigenvalue weighted by molar-refractivity contribution is 0.175. The van der Waals surface area contributed by atoms with Gasteiger partial charge in [0, 0.05) is 19.1 Å². The third-order valence-corrected chi connectivity index (χ3v) is 4.47. The summed E-state index contributed by atoms with van der Waals surface area (Å²) in [5.41, 5.74) is 5.93. The number of rotatable bonds is 3. The average molecular weight is 239 g/mol. The first-order chi connectivity index (χ1) is 8.24. The Morgan fingerprint density at radius 3 is 2.18 bits per heavy atom. The number of likely N-dealkylation sites (tertiary alicyclic amines) is 2. The molecule has 2 rings (SSSR count). The van der Waals surface area contributed by atoms with Gasteiger partial charge in [0.25, 0.3) is 0 Å². The molecule has 0 aliphatic carbocycles. The molecule has 2 aliphatic heterocycles. The van der Waals surface area contributed by atoms with Crippen molar-refractivity contribution < 1.29 is 0 Å². The Labute approximate surface area is 106 Å². The zero-order chi connectivity index (χ0) is 12.1. The van der Waals surface area contributed by atoms with Gasteiger partial charge in [-0.15, -0.1) is 0 Å². The van der Waals surface area contributed by atoms with Gasteiger partial charge in [0.15, 0.2) is 0 Å². The van der Waals surface area contributed by atoms with Crippen molar-refractivity contribution in [3.63, 3.8) is 0 Å². The van der Waals surface area contributed by atoms with Crippen LogP contribution < -0.4 is 5.73 Å². The summed E-state index contributed by atoms with van der Waals surface area (Å²) >= 11 is 0. The molecule has 0 aromatic carbocycles. The molecule has 2 N–H and O–H groups in total. The van der Waals surface area contributed by atoms with Crippen molar-refractivity contribution in [2.24, 2.45) is 11.7 Å². The second-order valence-electron chi connectivity index (χ2n) is 6.06. The maximum absolute atomic E-state index is 5.93. The van der Waals surface area contributed by atoms with E-state index in [0.29, 0.717) is 6.04 Å². The van der Waals surface area contributed by atoms with Crippen molar-refractivity contribution in [1.29, 1.82) is 0 Å².